The number of H-pyrrole nitrogens is 1. The lowest BCUT2D eigenvalue weighted by atomic mass is 9.78. The predicted molar refractivity (Wildman–Crippen MR) is 99.1 cm³/mol. The van der Waals surface area contributed by atoms with E-state index in [1.807, 2.05) is 13.1 Å². The molecule has 5 heteroatoms. The van der Waals surface area contributed by atoms with Gasteiger partial charge >= 0.3 is 5.97 Å². The van der Waals surface area contributed by atoms with Crippen LogP contribution in [0.4, 0.5) is 0 Å². The average molecular weight is 347 g/mol. The van der Waals surface area contributed by atoms with Gasteiger partial charge in [0.15, 0.2) is 0 Å². The van der Waals surface area contributed by atoms with Crippen LogP contribution in [0.25, 0.3) is 10.9 Å². The highest BCUT2D eigenvalue weighted by Gasteiger charge is 2.41. The highest BCUT2D eigenvalue weighted by molar-refractivity contribution is 5.91. The number of aromatic nitrogens is 2. The van der Waals surface area contributed by atoms with Gasteiger partial charge in [-0.05, 0) is 49.6 Å². The summed E-state index contributed by atoms with van der Waals surface area (Å²) in [6.45, 7) is 2.21. The van der Waals surface area contributed by atoms with E-state index in [0.717, 1.165) is 24.0 Å². The van der Waals surface area contributed by atoms with Crippen molar-refractivity contribution < 1.29 is 9.53 Å². The van der Waals surface area contributed by atoms with E-state index < -0.39 is 0 Å². The van der Waals surface area contributed by atoms with E-state index in [2.05, 4.69) is 46.2 Å². The Morgan fingerprint density at radius 3 is 2.88 bits per heavy atom. The Morgan fingerprint density at radius 1 is 1.23 bits per heavy atom. The summed E-state index contributed by atoms with van der Waals surface area (Å²) < 4.78 is 5.26. The largest absolute Gasteiger partial charge is 0.462 e. The Hall–Kier alpha value is -2.66. The molecule has 1 N–H and O–H groups in total. The molecule has 26 heavy (non-hydrogen) atoms. The van der Waals surface area contributed by atoms with Crippen molar-refractivity contribution in [2.45, 2.75) is 31.8 Å². The normalized spacial score (nSPS) is 21.3. The van der Waals surface area contributed by atoms with Crippen LogP contribution in [0.1, 0.15) is 51.7 Å². The molecular formula is C21H21N3O2. The first kappa shape index (κ1) is 15.6. The minimum atomic E-state index is -0.267. The van der Waals surface area contributed by atoms with E-state index in [4.69, 9.17) is 4.74 Å². The van der Waals surface area contributed by atoms with Crippen molar-refractivity contribution in [2.24, 2.45) is 0 Å². The van der Waals surface area contributed by atoms with Gasteiger partial charge in [0, 0.05) is 35.0 Å². The Bertz CT molecular complexity index is 1020. The number of esters is 1. The number of fused-ring (bicyclic) bond motifs is 8. The number of nitrogens with one attached hydrogen (secondary N) is 1. The highest BCUT2D eigenvalue weighted by atomic mass is 16.5. The molecule has 2 atom stereocenters. The van der Waals surface area contributed by atoms with Crippen LogP contribution >= 0.6 is 0 Å². The van der Waals surface area contributed by atoms with Crippen molar-refractivity contribution in [3.8, 4) is 0 Å². The first-order valence-corrected chi connectivity index (χ1v) is 9.14. The minimum Gasteiger partial charge on any atom is -0.462 e. The first-order valence-electron chi connectivity index (χ1n) is 9.14. The second-order valence-corrected chi connectivity index (χ2v) is 7.14. The van der Waals surface area contributed by atoms with Gasteiger partial charge < -0.3 is 9.72 Å². The number of nitrogens with zero attached hydrogens (tertiary/aromatic N) is 2. The SMILES string of the molecule is CCOC(=O)c1cncc2c1C[C@H]1c3[nH]c4ccccc4c3C[C@@H]2N1C. The van der Waals surface area contributed by atoms with Gasteiger partial charge in [0.25, 0.3) is 0 Å². The van der Waals surface area contributed by atoms with E-state index in [0.29, 0.717) is 12.2 Å². The molecule has 0 radical (unpaired) electrons. The minimum absolute atomic E-state index is 0.234. The van der Waals surface area contributed by atoms with E-state index in [9.17, 15) is 4.79 Å². The maximum absolute atomic E-state index is 12.4. The fraction of sp³-hybridized carbons (Fsp3) is 0.333. The number of carbonyl (C=O) groups is 1. The smallest absolute Gasteiger partial charge is 0.339 e. The number of aromatic amines is 1. The summed E-state index contributed by atoms with van der Waals surface area (Å²) in [6.07, 6.45) is 5.30. The zero-order valence-corrected chi connectivity index (χ0v) is 15.0. The molecule has 0 aliphatic carbocycles. The number of hydrogen-bond acceptors (Lipinski definition) is 4. The molecule has 2 aromatic heterocycles. The van der Waals surface area contributed by atoms with Crippen LogP contribution in [0.5, 0.6) is 0 Å². The molecule has 2 aliphatic rings. The van der Waals surface area contributed by atoms with Gasteiger partial charge in [0.2, 0.25) is 0 Å². The van der Waals surface area contributed by atoms with Crippen LogP contribution in [0.3, 0.4) is 0 Å². The number of benzene rings is 1. The Kier molecular flexibility index (Phi) is 3.40. The molecule has 5 rings (SSSR count). The van der Waals surface area contributed by atoms with Crippen molar-refractivity contribution in [2.75, 3.05) is 13.7 Å². The van der Waals surface area contributed by atoms with Crippen LogP contribution in [-0.2, 0) is 17.6 Å². The average Bonchev–Trinajstić information content (AvgIpc) is 3.01. The van der Waals surface area contributed by atoms with Gasteiger partial charge in [-0.25, -0.2) is 4.79 Å². The number of likely N-dealkylation sites (N-methyl/N-ethyl adjacent to an activating group) is 1. The molecule has 3 aromatic rings. The van der Waals surface area contributed by atoms with Gasteiger partial charge in [-0.15, -0.1) is 0 Å². The number of ether oxygens (including phenoxy) is 1. The topological polar surface area (TPSA) is 58.2 Å². The van der Waals surface area contributed by atoms with Crippen molar-refractivity contribution in [3.63, 3.8) is 0 Å². The van der Waals surface area contributed by atoms with E-state index >= 15 is 0 Å². The molecule has 5 nitrogen and oxygen atoms in total. The highest BCUT2D eigenvalue weighted by Crippen LogP contribution is 2.48. The summed E-state index contributed by atoms with van der Waals surface area (Å²) in [5.74, 6) is -0.267. The maximum Gasteiger partial charge on any atom is 0.339 e. The summed E-state index contributed by atoms with van der Waals surface area (Å²) in [5, 5.41) is 1.31. The second-order valence-electron chi connectivity index (χ2n) is 7.14. The number of carbonyl (C=O) groups excluding carboxylic acids is 1. The first-order chi connectivity index (χ1) is 12.7. The van der Waals surface area contributed by atoms with Gasteiger partial charge in [0.05, 0.1) is 18.2 Å². The van der Waals surface area contributed by atoms with Crippen molar-refractivity contribution in [1.82, 2.24) is 14.9 Å². The molecule has 0 fully saturated rings. The fourth-order valence-electron chi connectivity index (χ4n) is 4.66. The van der Waals surface area contributed by atoms with Gasteiger partial charge in [0.1, 0.15) is 0 Å². The molecule has 0 amide bonds. The quantitative estimate of drug-likeness (QED) is 0.720. The summed E-state index contributed by atoms with van der Waals surface area (Å²) in [4.78, 5) is 22.8. The zero-order chi connectivity index (χ0) is 17.8. The molecule has 2 aliphatic heterocycles. The van der Waals surface area contributed by atoms with Crippen LogP contribution in [-0.4, -0.2) is 34.5 Å². The van der Waals surface area contributed by atoms with Gasteiger partial charge in [-0.1, -0.05) is 18.2 Å². The second kappa shape index (κ2) is 5.68. The molecule has 1 aromatic carbocycles. The molecule has 0 saturated heterocycles. The van der Waals surface area contributed by atoms with E-state index in [-0.39, 0.29) is 18.1 Å². The fourth-order valence-corrected chi connectivity index (χ4v) is 4.66. The molecule has 0 unspecified atom stereocenters. The lowest BCUT2D eigenvalue weighted by molar-refractivity contribution is 0.0520. The summed E-state index contributed by atoms with van der Waals surface area (Å²) in [5.41, 5.74) is 6.74. The van der Waals surface area contributed by atoms with Gasteiger partial charge in [-0.3, -0.25) is 9.88 Å². The van der Waals surface area contributed by atoms with Gasteiger partial charge in [-0.2, -0.15) is 0 Å². The third kappa shape index (κ3) is 2.07. The Labute approximate surface area is 152 Å². The van der Waals surface area contributed by atoms with Crippen molar-refractivity contribution >= 4 is 16.9 Å². The Morgan fingerprint density at radius 2 is 2.04 bits per heavy atom. The standard InChI is InChI=1S/C21H21N3O2/c1-3-26-21(25)16-11-22-10-15-13(16)8-19-20-14(9-18(15)24(19)2)12-6-4-5-7-17(12)23-20/h4-7,10-11,18-19,23H,3,8-9H2,1-2H3/t18-,19-/m0/s1. The lowest BCUT2D eigenvalue weighted by Gasteiger charge is -2.45. The number of para-hydroxylation sites is 1. The van der Waals surface area contributed by atoms with Crippen molar-refractivity contribution in [3.05, 3.63) is 64.6 Å². The zero-order valence-electron chi connectivity index (χ0n) is 15.0. The monoisotopic (exact) mass is 347 g/mol. The molecule has 0 saturated carbocycles. The predicted octanol–water partition coefficient (Wildman–Crippen LogP) is 3.57. The lowest BCUT2D eigenvalue weighted by Crippen LogP contribution is -2.41. The molecule has 0 spiro atoms. The van der Waals surface area contributed by atoms with E-state index in [1.54, 1.807) is 6.20 Å². The number of rotatable bonds is 2. The third-order valence-corrected chi connectivity index (χ3v) is 5.90. The summed E-state index contributed by atoms with van der Waals surface area (Å²) in [6, 6.07) is 8.96. The van der Waals surface area contributed by atoms with Crippen LogP contribution in [0.2, 0.25) is 0 Å². The molecule has 4 heterocycles. The maximum atomic E-state index is 12.4. The van der Waals surface area contributed by atoms with E-state index in [1.165, 1.54) is 22.2 Å². The number of hydrogen-bond donors (Lipinski definition) is 1. The van der Waals surface area contributed by atoms with Crippen molar-refractivity contribution in [1.29, 1.82) is 0 Å². The summed E-state index contributed by atoms with van der Waals surface area (Å²) >= 11 is 0. The Balaban J connectivity index is 1.67. The van der Waals surface area contributed by atoms with Crippen LogP contribution in [0, 0.1) is 0 Å². The molecule has 2 bridgehead atoms. The summed E-state index contributed by atoms with van der Waals surface area (Å²) in [7, 11) is 2.17. The van der Waals surface area contributed by atoms with Crippen LogP contribution in [0.15, 0.2) is 36.7 Å². The molecular weight excluding hydrogens is 326 g/mol. The van der Waals surface area contributed by atoms with Crippen LogP contribution < -0.4 is 0 Å². The number of pyridine rings is 1. The molecule has 132 valence electrons. The third-order valence-electron chi connectivity index (χ3n) is 5.90.